The van der Waals surface area contributed by atoms with Crippen molar-refractivity contribution in [1.29, 1.82) is 0 Å². The van der Waals surface area contributed by atoms with Crippen LogP contribution in [0, 0.1) is 0 Å². The van der Waals surface area contributed by atoms with E-state index in [1.165, 1.54) is 0 Å². The van der Waals surface area contributed by atoms with Gasteiger partial charge in [-0.15, -0.1) is 0 Å². The van der Waals surface area contributed by atoms with Gasteiger partial charge < -0.3 is 0 Å². The van der Waals surface area contributed by atoms with Crippen molar-refractivity contribution in [2.75, 3.05) is 0 Å². The van der Waals surface area contributed by atoms with Crippen molar-refractivity contribution in [3.8, 4) is 0 Å². The van der Waals surface area contributed by atoms with Crippen LogP contribution in [0.3, 0.4) is 0 Å². The van der Waals surface area contributed by atoms with Gasteiger partial charge in [0, 0.05) is 12.7 Å². The smallest absolute Gasteiger partial charge is 0.276 e. The lowest BCUT2D eigenvalue weighted by Crippen LogP contribution is -2.16. The highest BCUT2D eigenvalue weighted by molar-refractivity contribution is 5.73. The van der Waals surface area contributed by atoms with Crippen molar-refractivity contribution in [3.63, 3.8) is 0 Å². The van der Waals surface area contributed by atoms with E-state index in [9.17, 15) is 4.79 Å². The SMILES string of the molecule is CCCCn1[nH]c2ncccc2c1=O. The van der Waals surface area contributed by atoms with E-state index in [4.69, 9.17) is 0 Å². The van der Waals surface area contributed by atoms with Crippen LogP contribution in [0.25, 0.3) is 11.0 Å². The average molecular weight is 191 g/mol. The molecule has 4 heteroatoms. The molecule has 0 aliphatic heterocycles. The van der Waals surface area contributed by atoms with Crippen LogP contribution in [-0.2, 0) is 6.54 Å². The van der Waals surface area contributed by atoms with E-state index < -0.39 is 0 Å². The minimum atomic E-state index is 0.0292. The number of nitrogens with zero attached hydrogens (tertiary/aromatic N) is 2. The highest BCUT2D eigenvalue weighted by Crippen LogP contribution is 2.02. The van der Waals surface area contributed by atoms with Crippen LogP contribution in [0.2, 0.25) is 0 Å². The van der Waals surface area contributed by atoms with Gasteiger partial charge in [-0.1, -0.05) is 13.3 Å². The fourth-order valence-electron chi connectivity index (χ4n) is 1.46. The second-order valence-electron chi connectivity index (χ2n) is 3.32. The minimum Gasteiger partial charge on any atom is -0.278 e. The molecular weight excluding hydrogens is 178 g/mol. The van der Waals surface area contributed by atoms with Crippen molar-refractivity contribution in [2.45, 2.75) is 26.3 Å². The Labute approximate surface area is 81.6 Å². The van der Waals surface area contributed by atoms with Gasteiger partial charge in [0.2, 0.25) is 0 Å². The van der Waals surface area contributed by atoms with Crippen LogP contribution < -0.4 is 5.56 Å². The number of fused-ring (bicyclic) bond motifs is 1. The van der Waals surface area contributed by atoms with Gasteiger partial charge in [-0.25, -0.2) is 4.98 Å². The molecule has 0 saturated carbocycles. The highest BCUT2D eigenvalue weighted by Gasteiger charge is 2.04. The normalized spacial score (nSPS) is 10.9. The second-order valence-corrected chi connectivity index (χ2v) is 3.32. The highest BCUT2D eigenvalue weighted by atomic mass is 16.1. The van der Waals surface area contributed by atoms with Crippen molar-refractivity contribution in [1.82, 2.24) is 14.8 Å². The molecule has 0 spiro atoms. The lowest BCUT2D eigenvalue weighted by Gasteiger charge is -1.97. The Morgan fingerprint density at radius 2 is 2.43 bits per heavy atom. The van der Waals surface area contributed by atoms with Crippen molar-refractivity contribution in [2.24, 2.45) is 0 Å². The fourth-order valence-corrected chi connectivity index (χ4v) is 1.46. The monoisotopic (exact) mass is 191 g/mol. The van der Waals surface area contributed by atoms with E-state index in [1.54, 1.807) is 23.0 Å². The van der Waals surface area contributed by atoms with E-state index in [0.29, 0.717) is 11.0 Å². The van der Waals surface area contributed by atoms with Crippen LogP contribution in [-0.4, -0.2) is 14.8 Å². The zero-order valence-corrected chi connectivity index (χ0v) is 8.16. The summed E-state index contributed by atoms with van der Waals surface area (Å²) in [6.07, 6.45) is 3.77. The maximum Gasteiger partial charge on any atom is 0.276 e. The van der Waals surface area contributed by atoms with Gasteiger partial charge in [0.15, 0.2) is 5.65 Å². The van der Waals surface area contributed by atoms with E-state index in [0.717, 1.165) is 19.4 Å². The van der Waals surface area contributed by atoms with Gasteiger partial charge in [0.25, 0.3) is 5.56 Å². The predicted molar refractivity (Wildman–Crippen MR) is 55.3 cm³/mol. The molecule has 0 aromatic carbocycles. The van der Waals surface area contributed by atoms with Crippen molar-refractivity contribution < 1.29 is 0 Å². The maximum absolute atomic E-state index is 11.7. The number of nitrogens with one attached hydrogen (secondary N) is 1. The van der Waals surface area contributed by atoms with Crippen LogP contribution in [0.4, 0.5) is 0 Å². The summed E-state index contributed by atoms with van der Waals surface area (Å²) in [5.41, 5.74) is 0.704. The zero-order valence-electron chi connectivity index (χ0n) is 8.16. The predicted octanol–water partition coefficient (Wildman–Crippen LogP) is 1.52. The molecule has 0 atom stereocenters. The van der Waals surface area contributed by atoms with Gasteiger partial charge in [0.05, 0.1) is 5.39 Å². The third-order valence-corrected chi connectivity index (χ3v) is 2.26. The number of unbranched alkanes of at least 4 members (excludes halogenated alkanes) is 1. The number of aromatic nitrogens is 3. The van der Waals surface area contributed by atoms with Crippen LogP contribution in [0.15, 0.2) is 23.1 Å². The van der Waals surface area contributed by atoms with Gasteiger partial charge in [-0.05, 0) is 18.6 Å². The molecular formula is C10H13N3O. The van der Waals surface area contributed by atoms with E-state index >= 15 is 0 Å². The number of rotatable bonds is 3. The molecule has 0 saturated heterocycles. The summed E-state index contributed by atoms with van der Waals surface area (Å²) in [4.78, 5) is 15.8. The first-order valence-corrected chi connectivity index (χ1v) is 4.86. The number of hydrogen-bond acceptors (Lipinski definition) is 2. The van der Waals surface area contributed by atoms with Gasteiger partial charge in [-0.3, -0.25) is 14.6 Å². The summed E-state index contributed by atoms with van der Waals surface area (Å²) in [7, 11) is 0. The molecule has 2 rings (SSSR count). The number of aromatic amines is 1. The molecule has 0 unspecified atom stereocenters. The molecule has 0 radical (unpaired) electrons. The largest absolute Gasteiger partial charge is 0.278 e. The number of aryl methyl sites for hydroxylation is 1. The van der Waals surface area contributed by atoms with Gasteiger partial charge in [0.1, 0.15) is 0 Å². The standard InChI is InChI=1S/C10H13N3O/c1-2-3-7-13-10(14)8-5-4-6-11-9(8)12-13/h4-6H,2-3,7H2,1H3,(H,11,12). The van der Waals surface area contributed by atoms with E-state index in [2.05, 4.69) is 17.0 Å². The molecule has 2 heterocycles. The van der Waals surface area contributed by atoms with Gasteiger partial charge in [-0.2, -0.15) is 0 Å². The van der Waals surface area contributed by atoms with Crippen LogP contribution >= 0.6 is 0 Å². The molecule has 2 aromatic heterocycles. The molecule has 74 valence electrons. The first-order chi connectivity index (χ1) is 6.83. The second kappa shape index (κ2) is 3.65. The third-order valence-electron chi connectivity index (χ3n) is 2.26. The number of hydrogen-bond donors (Lipinski definition) is 1. The summed E-state index contributed by atoms with van der Waals surface area (Å²) in [5, 5.41) is 3.66. The third kappa shape index (κ3) is 1.43. The molecule has 0 aliphatic carbocycles. The molecule has 0 bridgehead atoms. The summed E-state index contributed by atoms with van der Waals surface area (Å²) in [6.45, 7) is 2.84. The number of pyridine rings is 1. The molecule has 0 fully saturated rings. The molecule has 4 nitrogen and oxygen atoms in total. The maximum atomic E-state index is 11.7. The Kier molecular flexibility index (Phi) is 2.35. The van der Waals surface area contributed by atoms with E-state index in [1.807, 2.05) is 0 Å². The Hall–Kier alpha value is -1.58. The topological polar surface area (TPSA) is 50.7 Å². The van der Waals surface area contributed by atoms with Crippen molar-refractivity contribution in [3.05, 3.63) is 28.7 Å². The summed E-state index contributed by atoms with van der Waals surface area (Å²) >= 11 is 0. The summed E-state index contributed by atoms with van der Waals surface area (Å²) in [5.74, 6) is 0. The Morgan fingerprint density at radius 3 is 3.14 bits per heavy atom. The molecule has 0 aliphatic rings. The molecule has 2 aromatic rings. The number of H-pyrrole nitrogens is 1. The molecule has 14 heavy (non-hydrogen) atoms. The Balaban J connectivity index is 2.47. The Bertz CT molecular complexity index is 483. The first kappa shape index (κ1) is 8.99. The van der Waals surface area contributed by atoms with Crippen LogP contribution in [0.1, 0.15) is 19.8 Å². The van der Waals surface area contributed by atoms with Gasteiger partial charge >= 0.3 is 0 Å². The van der Waals surface area contributed by atoms with Crippen LogP contribution in [0.5, 0.6) is 0 Å². The zero-order chi connectivity index (χ0) is 9.97. The lowest BCUT2D eigenvalue weighted by molar-refractivity contribution is 0.561. The quantitative estimate of drug-likeness (QED) is 0.799. The first-order valence-electron chi connectivity index (χ1n) is 4.86. The average Bonchev–Trinajstić information content (AvgIpc) is 2.54. The molecule has 1 N–H and O–H groups in total. The molecule has 0 amide bonds. The summed E-state index contributed by atoms with van der Waals surface area (Å²) in [6, 6.07) is 3.57. The minimum absolute atomic E-state index is 0.0292. The van der Waals surface area contributed by atoms with Crippen molar-refractivity contribution >= 4 is 11.0 Å². The fraction of sp³-hybridized carbons (Fsp3) is 0.400. The van der Waals surface area contributed by atoms with E-state index in [-0.39, 0.29) is 5.56 Å². The lowest BCUT2D eigenvalue weighted by atomic mass is 10.3. The summed E-state index contributed by atoms with van der Waals surface area (Å²) < 4.78 is 1.63. The Morgan fingerprint density at radius 1 is 1.57 bits per heavy atom.